The molecule has 1 N–H and O–H groups in total. The predicted molar refractivity (Wildman–Crippen MR) is 83.8 cm³/mol. The van der Waals surface area contributed by atoms with Gasteiger partial charge in [-0.2, -0.15) is 0 Å². The van der Waals surface area contributed by atoms with Gasteiger partial charge < -0.3 is 0 Å². The van der Waals surface area contributed by atoms with Gasteiger partial charge in [-0.3, -0.25) is 9.52 Å². The molecular weight excluding hydrogens is 333 g/mol. The summed E-state index contributed by atoms with van der Waals surface area (Å²) in [7, 11) is -3.82. The second-order valence-electron chi connectivity index (χ2n) is 4.39. The van der Waals surface area contributed by atoms with Crippen molar-refractivity contribution in [1.82, 2.24) is 0 Å². The number of rotatable bonds is 4. The number of carbonyl (C=O) groups excluding carboxylic acids is 1. The summed E-state index contributed by atoms with van der Waals surface area (Å²) >= 11 is 11.7. The molecule has 7 heteroatoms. The van der Waals surface area contributed by atoms with Crippen molar-refractivity contribution in [3.05, 3.63) is 57.6 Å². The fourth-order valence-corrected chi connectivity index (χ4v) is 3.32. The van der Waals surface area contributed by atoms with Crippen molar-refractivity contribution in [3.8, 4) is 0 Å². The lowest BCUT2D eigenvalue weighted by molar-refractivity contribution is 0.112. The minimum Gasteiger partial charge on any atom is -0.298 e. The van der Waals surface area contributed by atoms with Gasteiger partial charge in [-0.25, -0.2) is 8.42 Å². The molecule has 0 spiro atoms. The number of nitrogens with one attached hydrogen (secondary N) is 1. The quantitative estimate of drug-likeness (QED) is 0.855. The summed E-state index contributed by atoms with van der Waals surface area (Å²) in [6.07, 6.45) is 0.478. The molecule has 0 aliphatic carbocycles. The van der Waals surface area contributed by atoms with E-state index in [-0.39, 0.29) is 26.2 Å². The van der Waals surface area contributed by atoms with Crippen LogP contribution >= 0.6 is 23.2 Å². The van der Waals surface area contributed by atoms with Crippen LogP contribution in [0.5, 0.6) is 0 Å². The Bertz CT molecular complexity index is 787. The van der Waals surface area contributed by atoms with Gasteiger partial charge in [0.25, 0.3) is 10.0 Å². The van der Waals surface area contributed by atoms with E-state index in [1.807, 2.05) is 6.92 Å². The number of anilines is 1. The molecule has 0 saturated heterocycles. The normalized spacial score (nSPS) is 11.2. The molecule has 0 radical (unpaired) electrons. The molecule has 4 nitrogen and oxygen atoms in total. The summed E-state index contributed by atoms with van der Waals surface area (Å²) in [6, 6.07) is 9.02. The Morgan fingerprint density at radius 2 is 1.71 bits per heavy atom. The largest absolute Gasteiger partial charge is 0.298 e. The van der Waals surface area contributed by atoms with E-state index in [2.05, 4.69) is 4.72 Å². The first kappa shape index (κ1) is 15.8. The van der Waals surface area contributed by atoms with Crippen LogP contribution in [0.25, 0.3) is 0 Å². The molecular formula is C14H11Cl2NO3S. The van der Waals surface area contributed by atoms with Gasteiger partial charge in [-0.05, 0) is 31.2 Å². The summed E-state index contributed by atoms with van der Waals surface area (Å²) in [5.41, 5.74) is 1.02. The first-order chi connectivity index (χ1) is 9.83. The van der Waals surface area contributed by atoms with E-state index in [4.69, 9.17) is 23.2 Å². The first-order valence-electron chi connectivity index (χ1n) is 5.87. The number of hydrogen-bond donors (Lipinski definition) is 1. The van der Waals surface area contributed by atoms with Crippen LogP contribution in [0.1, 0.15) is 15.9 Å². The topological polar surface area (TPSA) is 63.2 Å². The van der Waals surface area contributed by atoms with Crippen molar-refractivity contribution in [2.75, 3.05) is 4.72 Å². The molecule has 0 heterocycles. The van der Waals surface area contributed by atoms with Crippen molar-refractivity contribution in [3.63, 3.8) is 0 Å². The third-order valence-electron chi connectivity index (χ3n) is 2.79. The van der Waals surface area contributed by atoms with E-state index < -0.39 is 10.0 Å². The highest BCUT2D eigenvalue weighted by atomic mass is 35.5. The van der Waals surface area contributed by atoms with E-state index in [0.29, 0.717) is 6.29 Å². The average molecular weight is 344 g/mol. The van der Waals surface area contributed by atoms with Crippen molar-refractivity contribution in [1.29, 1.82) is 0 Å². The SMILES string of the molecule is Cc1ccc(S(=O)(=O)Nc2cc(Cl)cc(Cl)c2C=O)cc1. The lowest BCUT2D eigenvalue weighted by atomic mass is 10.2. The number of aryl methyl sites for hydroxylation is 1. The maximum absolute atomic E-state index is 12.3. The average Bonchev–Trinajstić information content (AvgIpc) is 2.38. The van der Waals surface area contributed by atoms with E-state index in [1.54, 1.807) is 12.1 Å². The van der Waals surface area contributed by atoms with Crippen LogP contribution in [-0.2, 0) is 10.0 Å². The molecule has 0 aliphatic rings. The zero-order valence-electron chi connectivity index (χ0n) is 10.9. The van der Waals surface area contributed by atoms with Crippen LogP contribution in [-0.4, -0.2) is 14.7 Å². The van der Waals surface area contributed by atoms with Gasteiger partial charge in [0, 0.05) is 5.02 Å². The molecule has 2 aromatic carbocycles. The molecule has 0 aliphatic heterocycles. The maximum atomic E-state index is 12.3. The molecule has 0 saturated carbocycles. The fraction of sp³-hybridized carbons (Fsp3) is 0.0714. The number of carbonyl (C=O) groups is 1. The zero-order chi connectivity index (χ0) is 15.6. The van der Waals surface area contributed by atoms with Crippen LogP contribution in [0.4, 0.5) is 5.69 Å². The molecule has 21 heavy (non-hydrogen) atoms. The van der Waals surface area contributed by atoms with Gasteiger partial charge in [-0.15, -0.1) is 0 Å². The van der Waals surface area contributed by atoms with Crippen molar-refractivity contribution in [2.45, 2.75) is 11.8 Å². The van der Waals surface area contributed by atoms with Crippen molar-refractivity contribution >= 4 is 45.2 Å². The first-order valence-corrected chi connectivity index (χ1v) is 8.11. The number of halogens is 2. The molecule has 2 rings (SSSR count). The van der Waals surface area contributed by atoms with E-state index in [1.165, 1.54) is 24.3 Å². The fourth-order valence-electron chi connectivity index (χ4n) is 1.71. The third-order valence-corrected chi connectivity index (χ3v) is 4.70. The minimum absolute atomic E-state index is 0.0387. The van der Waals surface area contributed by atoms with Crippen molar-refractivity contribution < 1.29 is 13.2 Å². The van der Waals surface area contributed by atoms with E-state index >= 15 is 0 Å². The molecule has 0 atom stereocenters. The van der Waals surface area contributed by atoms with E-state index in [0.717, 1.165) is 5.56 Å². The van der Waals surface area contributed by atoms with Gasteiger partial charge in [0.15, 0.2) is 6.29 Å². The number of sulfonamides is 1. The lowest BCUT2D eigenvalue weighted by Crippen LogP contribution is -2.14. The maximum Gasteiger partial charge on any atom is 0.261 e. The Hall–Kier alpha value is -1.56. The van der Waals surface area contributed by atoms with Crippen LogP contribution in [0, 0.1) is 6.92 Å². The second kappa shape index (κ2) is 6.05. The van der Waals surface area contributed by atoms with Gasteiger partial charge in [0.2, 0.25) is 0 Å². The minimum atomic E-state index is -3.82. The molecule has 0 aromatic heterocycles. The van der Waals surface area contributed by atoms with Crippen LogP contribution in [0.3, 0.4) is 0 Å². The number of aldehydes is 1. The predicted octanol–water partition coefficient (Wildman–Crippen LogP) is 3.92. The highest BCUT2D eigenvalue weighted by Gasteiger charge is 2.17. The summed E-state index contributed by atoms with van der Waals surface area (Å²) in [4.78, 5) is 11.1. The molecule has 0 fully saturated rings. The monoisotopic (exact) mass is 343 g/mol. The highest BCUT2D eigenvalue weighted by Crippen LogP contribution is 2.29. The standard InChI is InChI=1S/C14H11Cl2NO3S/c1-9-2-4-11(5-3-9)21(19,20)17-14-7-10(15)6-13(16)12(14)8-18/h2-8,17H,1H3. The zero-order valence-corrected chi connectivity index (χ0v) is 13.3. The Balaban J connectivity index is 2.46. The molecule has 0 amide bonds. The highest BCUT2D eigenvalue weighted by molar-refractivity contribution is 7.92. The second-order valence-corrected chi connectivity index (χ2v) is 6.91. The van der Waals surface area contributed by atoms with Gasteiger partial charge in [0.1, 0.15) is 0 Å². The number of benzene rings is 2. The Labute approximate surface area is 132 Å². The van der Waals surface area contributed by atoms with E-state index in [9.17, 15) is 13.2 Å². The summed E-state index contributed by atoms with van der Waals surface area (Å²) in [5, 5.41) is 0.311. The van der Waals surface area contributed by atoms with Crippen LogP contribution in [0.2, 0.25) is 10.0 Å². The third kappa shape index (κ3) is 3.56. The molecule has 2 aromatic rings. The van der Waals surface area contributed by atoms with Gasteiger partial charge in [0.05, 0.1) is 21.2 Å². The molecule has 0 bridgehead atoms. The van der Waals surface area contributed by atoms with Crippen LogP contribution < -0.4 is 4.72 Å². The Morgan fingerprint density at radius 1 is 1.10 bits per heavy atom. The smallest absolute Gasteiger partial charge is 0.261 e. The molecule has 110 valence electrons. The van der Waals surface area contributed by atoms with Crippen LogP contribution in [0.15, 0.2) is 41.3 Å². The van der Waals surface area contributed by atoms with Crippen molar-refractivity contribution in [2.24, 2.45) is 0 Å². The Kier molecular flexibility index (Phi) is 4.56. The summed E-state index contributed by atoms with van der Waals surface area (Å²) in [5.74, 6) is 0. The summed E-state index contributed by atoms with van der Waals surface area (Å²) in [6.45, 7) is 1.85. The molecule has 0 unspecified atom stereocenters. The van der Waals surface area contributed by atoms with Gasteiger partial charge in [-0.1, -0.05) is 40.9 Å². The Morgan fingerprint density at radius 3 is 2.29 bits per heavy atom. The lowest BCUT2D eigenvalue weighted by Gasteiger charge is -2.11. The van der Waals surface area contributed by atoms with Gasteiger partial charge >= 0.3 is 0 Å². The summed E-state index contributed by atoms with van der Waals surface area (Å²) < 4.78 is 26.9. The number of hydrogen-bond acceptors (Lipinski definition) is 3.